The largest absolute Gasteiger partial charge is 0.507 e. The van der Waals surface area contributed by atoms with Crippen molar-refractivity contribution < 1.29 is 19.4 Å². The second kappa shape index (κ2) is 9.73. The van der Waals surface area contributed by atoms with Gasteiger partial charge in [0.1, 0.15) is 17.1 Å². The molecular weight excluding hydrogens is 404 g/mol. The zero-order chi connectivity index (χ0) is 23.3. The van der Waals surface area contributed by atoms with Crippen molar-refractivity contribution in [1.29, 1.82) is 0 Å². The van der Waals surface area contributed by atoms with Crippen molar-refractivity contribution in [3.8, 4) is 0 Å². The number of nitrogens with zero attached hydrogens (tertiary/aromatic N) is 1. The van der Waals surface area contributed by atoms with Crippen molar-refractivity contribution in [2.24, 2.45) is 0 Å². The number of amides is 1. The molecule has 0 bridgehead atoms. The smallest absolute Gasteiger partial charge is 0.338 e. The average molecular weight is 435 g/mol. The van der Waals surface area contributed by atoms with Gasteiger partial charge < -0.3 is 20.1 Å². The first-order valence-electron chi connectivity index (χ1n) is 10.7. The topological polar surface area (TPSA) is 78.9 Å². The summed E-state index contributed by atoms with van der Waals surface area (Å²) in [7, 11) is 0. The number of aliphatic hydroxyl groups is 1. The molecule has 0 unspecified atom stereocenters. The predicted molar refractivity (Wildman–Crippen MR) is 123 cm³/mol. The van der Waals surface area contributed by atoms with E-state index < -0.39 is 11.6 Å². The van der Waals surface area contributed by atoms with Gasteiger partial charge in [0.25, 0.3) is 5.91 Å². The van der Waals surface area contributed by atoms with Gasteiger partial charge in [-0.05, 0) is 38.8 Å². The quantitative estimate of drug-likeness (QED) is 0.389. The summed E-state index contributed by atoms with van der Waals surface area (Å²) < 4.78 is 5.15. The summed E-state index contributed by atoms with van der Waals surface area (Å²) in [5, 5.41) is 14.0. The Morgan fingerprint density at radius 3 is 2.38 bits per heavy atom. The Hall–Kier alpha value is -3.54. The van der Waals surface area contributed by atoms with Crippen LogP contribution in [0.3, 0.4) is 0 Å². The van der Waals surface area contributed by atoms with E-state index in [1.165, 1.54) is 6.08 Å². The van der Waals surface area contributed by atoms with Crippen molar-refractivity contribution in [3.05, 3.63) is 94.4 Å². The number of carbonyl (C=O) groups is 2. The number of rotatable bonds is 7. The molecule has 2 N–H and O–H groups in total. The minimum Gasteiger partial charge on any atom is -0.507 e. The van der Waals surface area contributed by atoms with Crippen LogP contribution in [0.15, 0.2) is 77.7 Å². The Bertz CT molecular complexity index is 1040. The lowest BCUT2D eigenvalue weighted by atomic mass is 10.0. The number of carbonyl (C=O) groups excluding carboxylic acids is 2. The van der Waals surface area contributed by atoms with Crippen LogP contribution in [0.5, 0.6) is 0 Å². The number of aliphatic hydroxyl groups excluding tert-OH is 1. The second-order valence-corrected chi connectivity index (χ2v) is 8.37. The molecule has 2 aromatic carbocycles. The Labute approximate surface area is 189 Å². The molecular formula is C26H30N2O4. The molecule has 1 aliphatic rings. The Morgan fingerprint density at radius 2 is 1.75 bits per heavy atom. The molecule has 3 rings (SSSR count). The molecule has 1 aliphatic heterocycles. The number of ether oxygens (including phenoxy) is 1. The summed E-state index contributed by atoms with van der Waals surface area (Å²) in [5.41, 5.74) is 2.65. The lowest BCUT2D eigenvalue weighted by molar-refractivity contribution is -0.138. The van der Waals surface area contributed by atoms with Crippen LogP contribution >= 0.6 is 0 Å². The molecule has 1 heterocycles. The SMILES string of the molecule is CCOC(=O)/C(Cc1ccc(C)cc1)=C(O)/C=C1\NC(C)(C)N(Cc2ccccc2)C1=O. The monoisotopic (exact) mass is 434 g/mol. The Balaban J connectivity index is 1.91. The molecule has 1 saturated heterocycles. The zero-order valence-electron chi connectivity index (χ0n) is 19.0. The van der Waals surface area contributed by atoms with E-state index in [1.54, 1.807) is 11.8 Å². The van der Waals surface area contributed by atoms with Crippen LogP contribution in [0.4, 0.5) is 0 Å². The van der Waals surface area contributed by atoms with E-state index >= 15 is 0 Å². The Kier molecular flexibility index (Phi) is 7.03. The first-order chi connectivity index (χ1) is 15.2. The zero-order valence-corrected chi connectivity index (χ0v) is 19.0. The van der Waals surface area contributed by atoms with E-state index in [-0.39, 0.29) is 36.0 Å². The molecule has 0 spiro atoms. The van der Waals surface area contributed by atoms with E-state index in [0.717, 1.165) is 16.7 Å². The van der Waals surface area contributed by atoms with Gasteiger partial charge in [0.05, 0.1) is 12.2 Å². The maximum absolute atomic E-state index is 13.1. The van der Waals surface area contributed by atoms with Gasteiger partial charge in [0, 0.05) is 19.0 Å². The van der Waals surface area contributed by atoms with Gasteiger partial charge in [-0.3, -0.25) is 4.79 Å². The first-order valence-corrected chi connectivity index (χ1v) is 10.7. The van der Waals surface area contributed by atoms with Crippen LogP contribution in [-0.2, 0) is 27.3 Å². The number of hydrogen-bond acceptors (Lipinski definition) is 5. The molecule has 0 aromatic heterocycles. The molecule has 1 amide bonds. The second-order valence-electron chi connectivity index (χ2n) is 8.37. The lowest BCUT2D eigenvalue weighted by Gasteiger charge is -2.30. The fraction of sp³-hybridized carbons (Fsp3) is 0.308. The fourth-order valence-corrected chi connectivity index (χ4v) is 3.60. The van der Waals surface area contributed by atoms with Crippen LogP contribution in [0.2, 0.25) is 0 Å². The number of aryl methyl sites for hydroxylation is 1. The van der Waals surface area contributed by atoms with Gasteiger partial charge in [-0.25, -0.2) is 4.79 Å². The summed E-state index contributed by atoms with van der Waals surface area (Å²) in [6.45, 7) is 8.10. The fourth-order valence-electron chi connectivity index (χ4n) is 3.60. The number of nitrogens with one attached hydrogen (secondary N) is 1. The number of esters is 1. The molecule has 2 aromatic rings. The highest BCUT2D eigenvalue weighted by Crippen LogP contribution is 2.27. The summed E-state index contributed by atoms with van der Waals surface area (Å²) in [6, 6.07) is 17.4. The summed E-state index contributed by atoms with van der Waals surface area (Å²) >= 11 is 0. The van der Waals surface area contributed by atoms with Crippen molar-refractivity contribution >= 4 is 11.9 Å². The summed E-state index contributed by atoms with van der Waals surface area (Å²) in [4.78, 5) is 27.4. The van der Waals surface area contributed by atoms with Crippen molar-refractivity contribution in [3.63, 3.8) is 0 Å². The number of allylic oxidation sites excluding steroid dienone is 1. The molecule has 0 atom stereocenters. The summed E-state index contributed by atoms with van der Waals surface area (Å²) in [6.07, 6.45) is 1.52. The minimum absolute atomic E-state index is 0.108. The van der Waals surface area contributed by atoms with Gasteiger partial charge in [0.2, 0.25) is 0 Å². The molecule has 6 nitrogen and oxygen atoms in total. The molecule has 6 heteroatoms. The van der Waals surface area contributed by atoms with Crippen molar-refractivity contribution in [2.45, 2.75) is 46.3 Å². The molecule has 1 fully saturated rings. The molecule has 168 valence electrons. The third-order valence-corrected chi connectivity index (χ3v) is 5.39. The highest BCUT2D eigenvalue weighted by Gasteiger charge is 2.41. The van der Waals surface area contributed by atoms with E-state index in [1.807, 2.05) is 75.4 Å². The molecule has 0 radical (unpaired) electrons. The normalized spacial score (nSPS) is 17.2. The van der Waals surface area contributed by atoms with E-state index in [4.69, 9.17) is 4.74 Å². The minimum atomic E-state index is -0.653. The van der Waals surface area contributed by atoms with Crippen LogP contribution in [0.1, 0.15) is 37.5 Å². The van der Waals surface area contributed by atoms with Crippen LogP contribution in [0, 0.1) is 6.92 Å². The van der Waals surface area contributed by atoms with E-state index in [2.05, 4.69) is 5.32 Å². The van der Waals surface area contributed by atoms with Crippen molar-refractivity contribution in [2.75, 3.05) is 6.61 Å². The maximum Gasteiger partial charge on any atom is 0.338 e. The van der Waals surface area contributed by atoms with Gasteiger partial charge in [-0.1, -0.05) is 60.2 Å². The third-order valence-electron chi connectivity index (χ3n) is 5.39. The molecule has 32 heavy (non-hydrogen) atoms. The lowest BCUT2D eigenvalue weighted by Crippen LogP contribution is -2.46. The average Bonchev–Trinajstić information content (AvgIpc) is 2.96. The van der Waals surface area contributed by atoms with E-state index in [0.29, 0.717) is 6.54 Å². The van der Waals surface area contributed by atoms with Crippen molar-refractivity contribution in [1.82, 2.24) is 10.2 Å². The summed E-state index contributed by atoms with van der Waals surface area (Å²) in [5.74, 6) is -1.13. The van der Waals surface area contributed by atoms with Crippen LogP contribution < -0.4 is 5.32 Å². The first kappa shape index (κ1) is 23.1. The van der Waals surface area contributed by atoms with Crippen LogP contribution in [0.25, 0.3) is 0 Å². The van der Waals surface area contributed by atoms with Gasteiger partial charge in [0.15, 0.2) is 0 Å². The highest BCUT2D eigenvalue weighted by atomic mass is 16.5. The number of hydrogen-bond donors (Lipinski definition) is 2. The maximum atomic E-state index is 13.1. The van der Waals surface area contributed by atoms with E-state index in [9.17, 15) is 14.7 Å². The van der Waals surface area contributed by atoms with Gasteiger partial charge in [-0.2, -0.15) is 0 Å². The van der Waals surface area contributed by atoms with Crippen LogP contribution in [-0.4, -0.2) is 34.2 Å². The highest BCUT2D eigenvalue weighted by molar-refractivity contribution is 5.97. The Morgan fingerprint density at radius 1 is 1.09 bits per heavy atom. The molecule has 0 aliphatic carbocycles. The standard InChI is InChI=1S/C26H30N2O4/c1-5-32-25(31)21(15-19-13-11-18(2)12-14-19)23(29)16-22-24(30)28(26(3,4)27-22)17-20-9-7-6-8-10-20/h6-14,16,27,29H,5,15,17H2,1-4H3/b22-16-,23-21-. The number of benzene rings is 2. The molecule has 0 saturated carbocycles. The van der Waals surface area contributed by atoms with Gasteiger partial charge >= 0.3 is 5.97 Å². The third kappa shape index (κ3) is 5.38. The predicted octanol–water partition coefficient (Wildman–Crippen LogP) is 4.16. The van der Waals surface area contributed by atoms with Gasteiger partial charge in [-0.15, -0.1) is 0 Å².